The number of thiophene rings is 1. The van der Waals surface area contributed by atoms with Crippen LogP contribution in [-0.4, -0.2) is 11.1 Å². The Bertz CT molecular complexity index is 769. The van der Waals surface area contributed by atoms with Crippen LogP contribution in [0.25, 0.3) is 0 Å². The monoisotopic (exact) mass is 376 g/mol. The topological polar surface area (TPSA) is 46.3 Å². The molecule has 22 heavy (non-hydrogen) atoms. The molecule has 4 nitrogen and oxygen atoms in total. The van der Waals surface area contributed by atoms with Gasteiger partial charge in [0.2, 0.25) is 5.88 Å². The van der Waals surface area contributed by atoms with Gasteiger partial charge in [-0.25, -0.2) is 0 Å². The fraction of sp³-hybridized carbons (Fsp3) is 0.125. The first-order chi connectivity index (χ1) is 10.7. The van der Waals surface area contributed by atoms with Crippen molar-refractivity contribution in [1.82, 2.24) is 5.16 Å². The largest absolute Gasteiger partial charge is 0.337 e. The first kappa shape index (κ1) is 15.0. The zero-order chi connectivity index (χ0) is 15.5. The van der Waals surface area contributed by atoms with Gasteiger partial charge < -0.3 is 4.52 Å². The number of hydrogen-bond acceptors (Lipinski definition) is 4. The molecule has 0 spiro atoms. The first-order valence-electron chi connectivity index (χ1n) is 6.68. The second kappa shape index (κ2) is 6.46. The highest BCUT2D eigenvalue weighted by molar-refractivity contribution is 9.10. The molecule has 0 radical (unpaired) electrons. The molecule has 0 aliphatic heterocycles. The minimum absolute atomic E-state index is 0.101. The molecule has 2 heterocycles. The molecular weight excluding hydrogens is 364 g/mol. The third-order valence-corrected chi connectivity index (χ3v) is 4.95. The Morgan fingerprint density at radius 2 is 2.05 bits per heavy atom. The molecule has 0 unspecified atom stereocenters. The van der Waals surface area contributed by atoms with Crippen LogP contribution in [-0.2, 0) is 6.54 Å². The van der Waals surface area contributed by atoms with Gasteiger partial charge in [0, 0.05) is 0 Å². The number of aryl methyl sites for hydroxylation is 1. The number of carbonyl (C=O) groups excluding carboxylic acids is 1. The number of amides is 1. The molecule has 112 valence electrons. The van der Waals surface area contributed by atoms with Gasteiger partial charge in [-0.3, -0.25) is 9.69 Å². The van der Waals surface area contributed by atoms with Crippen LogP contribution in [0.5, 0.6) is 0 Å². The van der Waals surface area contributed by atoms with Gasteiger partial charge in [-0.05, 0) is 39.9 Å². The van der Waals surface area contributed by atoms with Crippen molar-refractivity contribution in [1.29, 1.82) is 0 Å². The number of anilines is 1. The molecule has 0 N–H and O–H groups in total. The lowest BCUT2D eigenvalue weighted by molar-refractivity contribution is 0.0983. The van der Waals surface area contributed by atoms with Gasteiger partial charge in [0.05, 0.1) is 17.1 Å². The molecule has 6 heteroatoms. The Morgan fingerprint density at radius 1 is 1.27 bits per heavy atom. The first-order valence-corrected chi connectivity index (χ1v) is 8.35. The number of benzene rings is 1. The molecule has 0 atom stereocenters. The standard InChI is InChI=1S/C16H13BrN2O2S/c1-11-14(17)16(21-18-11)19(10-12-6-3-2-4-7-12)15(20)13-8-5-9-22-13/h2-9H,10H2,1H3. The number of rotatable bonds is 4. The summed E-state index contributed by atoms with van der Waals surface area (Å²) in [7, 11) is 0. The quantitative estimate of drug-likeness (QED) is 0.665. The van der Waals surface area contributed by atoms with E-state index < -0.39 is 0 Å². The maximum Gasteiger partial charge on any atom is 0.271 e. The summed E-state index contributed by atoms with van der Waals surface area (Å²) in [6.07, 6.45) is 0. The predicted molar refractivity (Wildman–Crippen MR) is 90.2 cm³/mol. The Hall–Kier alpha value is -1.92. The van der Waals surface area contributed by atoms with Crippen molar-refractivity contribution in [2.24, 2.45) is 0 Å². The minimum atomic E-state index is -0.101. The fourth-order valence-corrected chi connectivity index (χ4v) is 3.08. The Morgan fingerprint density at radius 3 is 2.64 bits per heavy atom. The molecule has 3 rings (SSSR count). The smallest absolute Gasteiger partial charge is 0.271 e. The van der Waals surface area contributed by atoms with Crippen molar-refractivity contribution in [3.63, 3.8) is 0 Å². The lowest BCUT2D eigenvalue weighted by Gasteiger charge is -2.19. The molecule has 0 bridgehead atoms. The molecule has 0 aliphatic carbocycles. The van der Waals surface area contributed by atoms with Crippen molar-refractivity contribution in [2.45, 2.75) is 13.5 Å². The van der Waals surface area contributed by atoms with Crippen LogP contribution in [0.2, 0.25) is 0 Å². The number of hydrogen-bond donors (Lipinski definition) is 0. The van der Waals surface area contributed by atoms with Crippen molar-refractivity contribution in [3.05, 3.63) is 68.5 Å². The molecule has 0 fully saturated rings. The van der Waals surface area contributed by atoms with Crippen molar-refractivity contribution < 1.29 is 9.32 Å². The van der Waals surface area contributed by atoms with Crippen LogP contribution < -0.4 is 4.90 Å². The average Bonchev–Trinajstić information content (AvgIpc) is 3.17. The molecule has 1 amide bonds. The van der Waals surface area contributed by atoms with E-state index in [1.807, 2.05) is 54.8 Å². The minimum Gasteiger partial charge on any atom is -0.337 e. The van der Waals surface area contributed by atoms with E-state index in [1.54, 1.807) is 4.90 Å². The summed E-state index contributed by atoms with van der Waals surface area (Å²) in [5.41, 5.74) is 1.74. The van der Waals surface area contributed by atoms with Crippen LogP contribution in [0.15, 0.2) is 56.8 Å². The van der Waals surface area contributed by atoms with Gasteiger partial charge in [0.25, 0.3) is 5.91 Å². The molecular formula is C16H13BrN2O2S. The zero-order valence-electron chi connectivity index (χ0n) is 11.8. The van der Waals surface area contributed by atoms with Gasteiger partial charge in [0.1, 0.15) is 4.47 Å². The Labute approximate surface area is 140 Å². The van der Waals surface area contributed by atoms with E-state index in [2.05, 4.69) is 21.1 Å². The fourth-order valence-electron chi connectivity index (χ4n) is 2.05. The third kappa shape index (κ3) is 2.98. The van der Waals surface area contributed by atoms with E-state index >= 15 is 0 Å². The summed E-state index contributed by atoms with van der Waals surface area (Å²) < 4.78 is 6.06. The molecule has 0 saturated heterocycles. The van der Waals surface area contributed by atoms with Crippen LogP contribution in [0.4, 0.5) is 5.88 Å². The molecule has 0 aliphatic rings. The van der Waals surface area contributed by atoms with Gasteiger partial charge in [-0.15, -0.1) is 11.3 Å². The number of aromatic nitrogens is 1. The summed E-state index contributed by atoms with van der Waals surface area (Å²) in [5.74, 6) is 0.329. The van der Waals surface area contributed by atoms with Gasteiger partial charge in [0.15, 0.2) is 0 Å². The maximum absolute atomic E-state index is 12.8. The maximum atomic E-state index is 12.8. The van der Waals surface area contributed by atoms with Gasteiger partial charge >= 0.3 is 0 Å². The van der Waals surface area contributed by atoms with E-state index in [9.17, 15) is 4.79 Å². The van der Waals surface area contributed by atoms with Crippen molar-refractivity contribution in [2.75, 3.05) is 4.90 Å². The highest BCUT2D eigenvalue weighted by atomic mass is 79.9. The molecule has 1 aromatic carbocycles. The van der Waals surface area contributed by atoms with Crippen molar-refractivity contribution >= 4 is 39.1 Å². The second-order valence-corrected chi connectivity index (χ2v) is 6.48. The van der Waals surface area contributed by atoms with Gasteiger partial charge in [-0.1, -0.05) is 41.6 Å². The summed E-state index contributed by atoms with van der Waals surface area (Å²) in [4.78, 5) is 15.1. The van der Waals surface area contributed by atoms with Crippen LogP contribution in [0, 0.1) is 6.92 Å². The SMILES string of the molecule is Cc1noc(N(Cc2ccccc2)C(=O)c2cccs2)c1Br. The van der Waals surface area contributed by atoms with E-state index in [4.69, 9.17) is 4.52 Å². The zero-order valence-corrected chi connectivity index (χ0v) is 14.2. The van der Waals surface area contributed by atoms with E-state index in [1.165, 1.54) is 11.3 Å². The van der Waals surface area contributed by atoms with E-state index in [0.717, 1.165) is 5.56 Å². The number of nitrogens with zero attached hydrogens (tertiary/aromatic N) is 2. The molecule has 0 saturated carbocycles. The summed E-state index contributed by atoms with van der Waals surface area (Å²) >= 11 is 4.86. The number of carbonyl (C=O) groups is 1. The van der Waals surface area contributed by atoms with E-state index in [-0.39, 0.29) is 5.91 Å². The second-order valence-electron chi connectivity index (χ2n) is 4.74. The molecule has 3 aromatic rings. The Balaban J connectivity index is 1.99. The highest BCUT2D eigenvalue weighted by Gasteiger charge is 2.25. The summed E-state index contributed by atoms with van der Waals surface area (Å²) in [6.45, 7) is 2.25. The van der Waals surface area contributed by atoms with E-state index in [0.29, 0.717) is 27.5 Å². The Kier molecular flexibility index (Phi) is 4.40. The highest BCUT2D eigenvalue weighted by Crippen LogP contribution is 2.32. The van der Waals surface area contributed by atoms with Crippen molar-refractivity contribution in [3.8, 4) is 0 Å². The third-order valence-electron chi connectivity index (χ3n) is 3.18. The van der Waals surface area contributed by atoms with Crippen LogP contribution in [0.1, 0.15) is 20.9 Å². The number of halogens is 1. The lowest BCUT2D eigenvalue weighted by Crippen LogP contribution is -2.29. The normalized spacial score (nSPS) is 10.6. The van der Waals surface area contributed by atoms with Crippen LogP contribution in [0.3, 0.4) is 0 Å². The summed E-state index contributed by atoms with van der Waals surface area (Å²) in [5, 5.41) is 5.81. The predicted octanol–water partition coefficient (Wildman–Crippen LogP) is 4.65. The summed E-state index contributed by atoms with van der Waals surface area (Å²) in [6, 6.07) is 13.5. The lowest BCUT2D eigenvalue weighted by atomic mass is 10.2. The van der Waals surface area contributed by atoms with Gasteiger partial charge in [-0.2, -0.15) is 0 Å². The average molecular weight is 377 g/mol. The molecule has 2 aromatic heterocycles. The van der Waals surface area contributed by atoms with Crippen LogP contribution >= 0.6 is 27.3 Å².